The number of carbonyl (C=O) groups excluding carboxylic acids is 2. The number of hydrogen-bond donors (Lipinski definition) is 2. The standard InChI is InChI=1S/C28H41N7O3/c1-8-17(2)35-19(4)18(3)27(37)34(6)23-16-29-28(32-25(23)35)31-22-10-9-20(15-24(22)38-7)26(36)30-21-11-13-33(5)14-12-21/h9-10,15-19,21H,8,11-14H2,1-7H3,(H,30,36)(H,29,31,32). The first-order valence-electron chi connectivity index (χ1n) is 13.5. The first-order chi connectivity index (χ1) is 18.1. The summed E-state index contributed by atoms with van der Waals surface area (Å²) in [4.78, 5) is 41.5. The Morgan fingerprint density at radius 2 is 1.92 bits per heavy atom. The predicted molar refractivity (Wildman–Crippen MR) is 151 cm³/mol. The van der Waals surface area contributed by atoms with Crippen molar-refractivity contribution < 1.29 is 14.3 Å². The number of nitrogens with zero attached hydrogens (tertiary/aromatic N) is 5. The Balaban J connectivity index is 1.59. The normalized spacial score (nSPS) is 21.5. The Labute approximate surface area is 225 Å². The Bertz CT molecular complexity index is 1170. The molecule has 0 aliphatic carbocycles. The number of nitrogens with one attached hydrogen (secondary N) is 2. The zero-order chi connectivity index (χ0) is 27.6. The van der Waals surface area contributed by atoms with Crippen LogP contribution in [0.1, 0.15) is 57.3 Å². The number of rotatable bonds is 7. The lowest BCUT2D eigenvalue weighted by molar-refractivity contribution is -0.121. The van der Waals surface area contributed by atoms with Crippen LogP contribution in [0.5, 0.6) is 5.75 Å². The van der Waals surface area contributed by atoms with Crippen LogP contribution in [0.25, 0.3) is 0 Å². The number of aromatic nitrogens is 2. The van der Waals surface area contributed by atoms with Gasteiger partial charge in [-0.15, -0.1) is 0 Å². The summed E-state index contributed by atoms with van der Waals surface area (Å²) in [6.45, 7) is 10.3. The molecule has 10 heteroatoms. The summed E-state index contributed by atoms with van der Waals surface area (Å²) >= 11 is 0. The van der Waals surface area contributed by atoms with E-state index < -0.39 is 0 Å². The van der Waals surface area contributed by atoms with E-state index in [9.17, 15) is 9.59 Å². The monoisotopic (exact) mass is 523 g/mol. The average molecular weight is 524 g/mol. The fourth-order valence-electron chi connectivity index (χ4n) is 5.20. The average Bonchev–Trinajstić information content (AvgIpc) is 2.99. The van der Waals surface area contributed by atoms with Gasteiger partial charge in [0.2, 0.25) is 11.9 Å². The van der Waals surface area contributed by atoms with E-state index in [1.54, 1.807) is 37.4 Å². The third-order valence-corrected chi connectivity index (χ3v) is 8.07. The van der Waals surface area contributed by atoms with Crippen molar-refractivity contribution in [2.24, 2.45) is 5.92 Å². The van der Waals surface area contributed by atoms with E-state index in [0.717, 1.165) is 38.2 Å². The van der Waals surface area contributed by atoms with Crippen molar-refractivity contribution in [2.75, 3.05) is 49.4 Å². The molecule has 0 bridgehead atoms. The predicted octanol–water partition coefficient (Wildman–Crippen LogP) is 3.66. The van der Waals surface area contributed by atoms with Crippen LogP contribution in [0.4, 0.5) is 23.1 Å². The number of hydrogen-bond acceptors (Lipinski definition) is 8. The van der Waals surface area contributed by atoms with Gasteiger partial charge < -0.3 is 30.1 Å². The highest BCUT2D eigenvalue weighted by molar-refractivity contribution is 5.99. The molecular formula is C28H41N7O3. The van der Waals surface area contributed by atoms with E-state index in [0.29, 0.717) is 28.6 Å². The molecule has 3 unspecified atom stereocenters. The molecular weight excluding hydrogens is 482 g/mol. The smallest absolute Gasteiger partial charge is 0.251 e. The van der Waals surface area contributed by atoms with Crippen LogP contribution in [0.3, 0.4) is 0 Å². The fraction of sp³-hybridized carbons (Fsp3) is 0.571. The summed E-state index contributed by atoms with van der Waals surface area (Å²) in [5, 5.41) is 6.41. The quantitative estimate of drug-likeness (QED) is 0.567. The Hall–Kier alpha value is -3.40. The summed E-state index contributed by atoms with van der Waals surface area (Å²) in [5.74, 6) is 1.38. The second-order valence-corrected chi connectivity index (χ2v) is 10.6. The molecule has 10 nitrogen and oxygen atoms in total. The van der Waals surface area contributed by atoms with Crippen molar-refractivity contribution in [1.82, 2.24) is 20.2 Å². The summed E-state index contributed by atoms with van der Waals surface area (Å²) in [6, 6.07) is 5.66. The lowest BCUT2D eigenvalue weighted by atomic mass is 9.99. The highest BCUT2D eigenvalue weighted by Crippen LogP contribution is 2.37. The third kappa shape index (κ3) is 5.55. The topological polar surface area (TPSA) is 103 Å². The first-order valence-corrected chi connectivity index (χ1v) is 13.5. The number of ether oxygens (including phenoxy) is 1. The molecule has 1 aromatic carbocycles. The maximum Gasteiger partial charge on any atom is 0.251 e. The third-order valence-electron chi connectivity index (χ3n) is 8.07. The number of amides is 2. The molecule has 38 heavy (non-hydrogen) atoms. The molecule has 2 aliphatic heterocycles. The largest absolute Gasteiger partial charge is 0.495 e. The molecule has 0 saturated carbocycles. The van der Waals surface area contributed by atoms with Gasteiger partial charge in [-0.25, -0.2) is 4.98 Å². The van der Waals surface area contributed by atoms with Crippen LogP contribution in [-0.2, 0) is 4.79 Å². The van der Waals surface area contributed by atoms with Crippen molar-refractivity contribution in [3.8, 4) is 5.75 Å². The molecule has 0 radical (unpaired) electrons. The van der Waals surface area contributed by atoms with Crippen molar-refractivity contribution >= 4 is 35.0 Å². The van der Waals surface area contributed by atoms with Crippen LogP contribution >= 0.6 is 0 Å². The van der Waals surface area contributed by atoms with Gasteiger partial charge in [0.15, 0.2) is 5.82 Å². The van der Waals surface area contributed by atoms with Gasteiger partial charge in [-0.3, -0.25) is 9.59 Å². The highest BCUT2D eigenvalue weighted by atomic mass is 16.5. The maximum absolute atomic E-state index is 13.0. The lowest BCUT2D eigenvalue weighted by Crippen LogP contribution is -2.45. The Morgan fingerprint density at radius 3 is 2.58 bits per heavy atom. The van der Waals surface area contributed by atoms with Crippen LogP contribution in [0, 0.1) is 5.92 Å². The second-order valence-electron chi connectivity index (χ2n) is 10.6. The van der Waals surface area contributed by atoms with Gasteiger partial charge in [0.1, 0.15) is 11.4 Å². The number of likely N-dealkylation sites (tertiary alicyclic amines) is 1. The van der Waals surface area contributed by atoms with Gasteiger partial charge >= 0.3 is 0 Å². The summed E-state index contributed by atoms with van der Waals surface area (Å²) in [7, 11) is 5.45. The number of anilines is 4. The fourth-order valence-corrected chi connectivity index (χ4v) is 5.20. The number of benzene rings is 1. The molecule has 4 rings (SSSR count). The van der Waals surface area contributed by atoms with Gasteiger partial charge in [-0.2, -0.15) is 4.98 Å². The van der Waals surface area contributed by atoms with E-state index in [4.69, 9.17) is 9.72 Å². The van der Waals surface area contributed by atoms with E-state index in [1.807, 2.05) is 13.0 Å². The molecule has 1 saturated heterocycles. The molecule has 2 aromatic rings. The molecule has 0 spiro atoms. The number of methoxy groups -OCH3 is 1. The van der Waals surface area contributed by atoms with Gasteiger partial charge in [0, 0.05) is 30.7 Å². The molecule has 2 N–H and O–H groups in total. The zero-order valence-electron chi connectivity index (χ0n) is 23.6. The molecule has 206 valence electrons. The summed E-state index contributed by atoms with van der Waals surface area (Å²) < 4.78 is 5.62. The van der Waals surface area contributed by atoms with Gasteiger partial charge in [-0.05, 0) is 71.4 Å². The molecule has 3 atom stereocenters. The van der Waals surface area contributed by atoms with Crippen molar-refractivity contribution in [3.63, 3.8) is 0 Å². The summed E-state index contributed by atoms with van der Waals surface area (Å²) in [6.07, 6.45) is 4.50. The van der Waals surface area contributed by atoms with Gasteiger partial charge in [0.25, 0.3) is 5.91 Å². The van der Waals surface area contributed by atoms with E-state index >= 15 is 0 Å². The van der Waals surface area contributed by atoms with Crippen molar-refractivity contribution in [2.45, 2.75) is 65.1 Å². The van der Waals surface area contributed by atoms with Crippen LogP contribution in [0.15, 0.2) is 24.4 Å². The minimum absolute atomic E-state index is 0.0270. The second kappa shape index (κ2) is 11.6. The lowest BCUT2D eigenvalue weighted by Gasteiger charge is -2.36. The summed E-state index contributed by atoms with van der Waals surface area (Å²) in [5.41, 5.74) is 1.88. The molecule has 3 heterocycles. The van der Waals surface area contributed by atoms with Crippen LogP contribution < -0.4 is 25.2 Å². The Kier molecular flexibility index (Phi) is 8.40. The molecule has 2 aliphatic rings. The first kappa shape index (κ1) is 27.6. The van der Waals surface area contributed by atoms with Crippen LogP contribution in [0.2, 0.25) is 0 Å². The highest BCUT2D eigenvalue weighted by Gasteiger charge is 2.37. The number of carbonyl (C=O) groups is 2. The van der Waals surface area contributed by atoms with E-state index in [-0.39, 0.29) is 35.9 Å². The van der Waals surface area contributed by atoms with Gasteiger partial charge in [0.05, 0.1) is 24.9 Å². The minimum atomic E-state index is -0.187. The molecule has 2 amide bonds. The Morgan fingerprint density at radius 1 is 1.21 bits per heavy atom. The van der Waals surface area contributed by atoms with Crippen molar-refractivity contribution in [1.29, 1.82) is 0 Å². The van der Waals surface area contributed by atoms with E-state index in [1.165, 1.54) is 0 Å². The number of fused-ring (bicyclic) bond motifs is 1. The molecule has 1 fully saturated rings. The van der Waals surface area contributed by atoms with Gasteiger partial charge in [-0.1, -0.05) is 13.8 Å². The molecule has 1 aromatic heterocycles. The zero-order valence-corrected chi connectivity index (χ0v) is 23.6. The number of piperidine rings is 1. The maximum atomic E-state index is 13.0. The SMILES string of the molecule is CCC(C)N1c2nc(Nc3ccc(C(=O)NC4CCN(C)CC4)cc3OC)ncc2N(C)C(=O)C(C)C1C. The van der Waals surface area contributed by atoms with Crippen molar-refractivity contribution in [3.05, 3.63) is 30.0 Å². The van der Waals surface area contributed by atoms with E-state index in [2.05, 4.69) is 53.2 Å². The van der Waals surface area contributed by atoms with Crippen LogP contribution in [-0.4, -0.2) is 79.1 Å². The minimum Gasteiger partial charge on any atom is -0.495 e.